The smallest absolute Gasteiger partial charge is 0.0593 e. The van der Waals surface area contributed by atoms with Crippen LogP contribution >= 0.6 is 35.3 Å². The molecular formula is C9H18OS3. The highest BCUT2D eigenvalue weighted by Crippen LogP contribution is 2.29. The molecule has 1 fully saturated rings. The fraction of sp³-hybridized carbons (Fsp3) is 1.00. The third kappa shape index (κ3) is 8.03. The average molecular weight is 238 g/mol. The molecule has 1 aliphatic heterocycles. The van der Waals surface area contributed by atoms with Crippen molar-refractivity contribution in [3.05, 3.63) is 0 Å². The maximum absolute atomic E-state index is 5.52. The van der Waals surface area contributed by atoms with E-state index in [0.717, 1.165) is 18.5 Å². The van der Waals surface area contributed by atoms with Gasteiger partial charge in [-0.15, -0.1) is 0 Å². The van der Waals surface area contributed by atoms with E-state index in [1.54, 1.807) is 0 Å². The highest BCUT2D eigenvalue weighted by atomic mass is 32.2. The molecule has 1 aliphatic rings. The van der Waals surface area contributed by atoms with E-state index < -0.39 is 0 Å². The Bertz CT molecular complexity index is 117. The minimum Gasteiger partial charge on any atom is -0.379 e. The van der Waals surface area contributed by atoms with Gasteiger partial charge in [0.05, 0.1) is 13.2 Å². The summed E-state index contributed by atoms with van der Waals surface area (Å²) in [4.78, 5) is 0. The highest BCUT2D eigenvalue weighted by Gasteiger charge is 2.21. The molecule has 1 nitrogen and oxygen atoms in total. The normalized spacial score (nSPS) is 20.5. The zero-order chi connectivity index (χ0) is 9.36. The van der Waals surface area contributed by atoms with Crippen molar-refractivity contribution in [2.75, 3.05) is 42.0 Å². The van der Waals surface area contributed by atoms with Gasteiger partial charge in [0.15, 0.2) is 0 Å². The second-order valence-corrected chi connectivity index (χ2v) is 6.79. The van der Waals surface area contributed by atoms with Crippen molar-refractivity contribution in [3.8, 4) is 0 Å². The van der Waals surface area contributed by atoms with E-state index in [1.807, 2.05) is 35.3 Å². The van der Waals surface area contributed by atoms with E-state index in [-0.39, 0.29) is 0 Å². The molecule has 1 atom stereocenters. The highest BCUT2D eigenvalue weighted by molar-refractivity contribution is 8.06. The summed E-state index contributed by atoms with van der Waals surface area (Å²) in [6.07, 6.45) is 0. The minimum atomic E-state index is 0.834. The Balaban J connectivity index is 1.63. The van der Waals surface area contributed by atoms with Crippen LogP contribution in [0.1, 0.15) is 6.92 Å². The Hall–Kier alpha value is 1.01. The predicted molar refractivity (Wildman–Crippen MR) is 67.4 cm³/mol. The molecule has 1 heterocycles. The number of thioether (sulfide) groups is 3. The fourth-order valence-electron chi connectivity index (χ4n) is 0.861. The first-order valence-corrected chi connectivity index (χ1v) is 8.14. The van der Waals surface area contributed by atoms with E-state index in [0.29, 0.717) is 0 Å². The molecule has 0 aromatic heterocycles. The van der Waals surface area contributed by atoms with Crippen LogP contribution < -0.4 is 0 Å². The Kier molecular flexibility index (Phi) is 7.74. The van der Waals surface area contributed by atoms with Gasteiger partial charge >= 0.3 is 0 Å². The summed E-state index contributed by atoms with van der Waals surface area (Å²) in [6, 6.07) is 0. The monoisotopic (exact) mass is 238 g/mol. The second-order valence-electron chi connectivity index (χ2n) is 2.84. The van der Waals surface area contributed by atoms with E-state index in [9.17, 15) is 0 Å². The van der Waals surface area contributed by atoms with Crippen LogP contribution in [0.4, 0.5) is 0 Å². The number of hydrogen-bond acceptors (Lipinski definition) is 4. The van der Waals surface area contributed by atoms with Crippen molar-refractivity contribution in [2.24, 2.45) is 0 Å². The zero-order valence-electron chi connectivity index (χ0n) is 8.16. The molecular weight excluding hydrogens is 220 g/mol. The number of rotatable bonds is 9. The van der Waals surface area contributed by atoms with Gasteiger partial charge in [0.1, 0.15) is 0 Å². The standard InChI is InChI=1S/C9H18OS3/c1-2-11-5-6-12-4-3-10-7-9-8-13-9/h9H,2-8H2,1H3. The molecule has 0 aliphatic carbocycles. The topological polar surface area (TPSA) is 9.23 Å². The van der Waals surface area contributed by atoms with Crippen molar-refractivity contribution >= 4 is 35.3 Å². The molecule has 78 valence electrons. The van der Waals surface area contributed by atoms with Gasteiger partial charge < -0.3 is 4.74 Å². The summed E-state index contributed by atoms with van der Waals surface area (Å²) in [5.74, 6) is 6.30. The van der Waals surface area contributed by atoms with Gasteiger partial charge in [0.2, 0.25) is 0 Å². The van der Waals surface area contributed by atoms with Gasteiger partial charge in [-0.1, -0.05) is 6.92 Å². The SMILES string of the molecule is CCSCCSCCOCC1CS1. The molecule has 0 radical (unpaired) electrons. The van der Waals surface area contributed by atoms with Gasteiger partial charge in [0, 0.05) is 28.3 Å². The van der Waals surface area contributed by atoms with Crippen LogP contribution in [-0.2, 0) is 4.74 Å². The first-order chi connectivity index (χ1) is 6.43. The first-order valence-electron chi connectivity index (χ1n) is 4.78. The molecule has 1 saturated heterocycles. The zero-order valence-corrected chi connectivity index (χ0v) is 10.6. The van der Waals surface area contributed by atoms with Crippen LogP contribution in [0.5, 0.6) is 0 Å². The lowest BCUT2D eigenvalue weighted by atomic mass is 10.5. The van der Waals surface area contributed by atoms with Crippen molar-refractivity contribution < 1.29 is 4.74 Å². The summed E-state index contributed by atoms with van der Waals surface area (Å²) in [5.41, 5.74) is 0. The fourth-order valence-corrected chi connectivity index (χ4v) is 2.96. The van der Waals surface area contributed by atoms with Crippen LogP contribution in [0.25, 0.3) is 0 Å². The van der Waals surface area contributed by atoms with Crippen LogP contribution in [0.2, 0.25) is 0 Å². The van der Waals surface area contributed by atoms with Crippen molar-refractivity contribution in [1.82, 2.24) is 0 Å². The maximum Gasteiger partial charge on any atom is 0.0593 e. The molecule has 0 bridgehead atoms. The molecule has 0 N–H and O–H groups in total. The van der Waals surface area contributed by atoms with Gasteiger partial charge in [-0.05, 0) is 5.75 Å². The minimum absolute atomic E-state index is 0.834. The first kappa shape index (κ1) is 12.1. The lowest BCUT2D eigenvalue weighted by molar-refractivity contribution is 0.158. The largest absolute Gasteiger partial charge is 0.379 e. The summed E-state index contributed by atoms with van der Waals surface area (Å²) in [6.45, 7) is 4.14. The van der Waals surface area contributed by atoms with Gasteiger partial charge in [-0.2, -0.15) is 35.3 Å². The molecule has 0 amide bonds. The summed E-state index contributed by atoms with van der Waals surface area (Å²) in [5, 5.41) is 0.834. The lowest BCUT2D eigenvalue weighted by Crippen LogP contribution is -2.04. The predicted octanol–water partition coefficient (Wildman–Crippen LogP) is 2.60. The molecule has 13 heavy (non-hydrogen) atoms. The third-order valence-corrected chi connectivity index (χ3v) is 4.70. The van der Waals surface area contributed by atoms with E-state index in [2.05, 4.69) is 6.92 Å². The Morgan fingerprint density at radius 1 is 1.31 bits per heavy atom. The third-order valence-electron chi connectivity index (χ3n) is 1.65. The summed E-state index contributed by atoms with van der Waals surface area (Å²) < 4.78 is 5.52. The molecule has 1 rings (SSSR count). The van der Waals surface area contributed by atoms with Crippen LogP contribution in [0.15, 0.2) is 0 Å². The van der Waals surface area contributed by atoms with Crippen molar-refractivity contribution in [3.63, 3.8) is 0 Å². The molecule has 4 heteroatoms. The second kappa shape index (κ2) is 8.33. The lowest BCUT2D eigenvalue weighted by Gasteiger charge is -2.02. The quantitative estimate of drug-likeness (QED) is 0.451. The summed E-state index contributed by atoms with van der Waals surface area (Å²) >= 11 is 6.04. The van der Waals surface area contributed by atoms with Gasteiger partial charge in [-0.3, -0.25) is 0 Å². The average Bonchev–Trinajstić information content (AvgIpc) is 2.93. The number of ether oxygens (including phenoxy) is 1. The van der Waals surface area contributed by atoms with Crippen LogP contribution in [-0.4, -0.2) is 47.2 Å². The van der Waals surface area contributed by atoms with Gasteiger partial charge in [-0.25, -0.2) is 0 Å². The Morgan fingerprint density at radius 2 is 2.08 bits per heavy atom. The van der Waals surface area contributed by atoms with E-state index in [4.69, 9.17) is 4.74 Å². The van der Waals surface area contributed by atoms with E-state index in [1.165, 1.54) is 28.8 Å². The maximum atomic E-state index is 5.52. The van der Waals surface area contributed by atoms with Crippen LogP contribution in [0, 0.1) is 0 Å². The summed E-state index contributed by atoms with van der Waals surface area (Å²) in [7, 11) is 0. The van der Waals surface area contributed by atoms with Crippen LogP contribution in [0.3, 0.4) is 0 Å². The molecule has 0 aromatic rings. The van der Waals surface area contributed by atoms with Crippen molar-refractivity contribution in [2.45, 2.75) is 12.2 Å². The Morgan fingerprint density at radius 3 is 2.77 bits per heavy atom. The molecule has 0 saturated carbocycles. The van der Waals surface area contributed by atoms with E-state index >= 15 is 0 Å². The molecule has 0 spiro atoms. The molecule has 1 unspecified atom stereocenters. The van der Waals surface area contributed by atoms with Gasteiger partial charge in [0.25, 0.3) is 0 Å². The van der Waals surface area contributed by atoms with Crippen molar-refractivity contribution in [1.29, 1.82) is 0 Å². The Labute approximate surface area is 94.1 Å². The molecule has 0 aromatic carbocycles. The number of hydrogen-bond donors (Lipinski definition) is 0.